The lowest BCUT2D eigenvalue weighted by molar-refractivity contribution is 0.911. The first kappa shape index (κ1) is 27.4. The molecule has 0 radical (unpaired) electrons. The summed E-state index contributed by atoms with van der Waals surface area (Å²) in [4.78, 5) is 0. The Morgan fingerprint density at radius 1 is 0.674 bits per heavy atom. The molecule has 1 aliphatic carbocycles. The number of hydrogen-bond donors (Lipinski definition) is 0. The molecule has 220 valence electrons. The number of fused-ring (bicyclic) bond motifs is 5. The van der Waals surface area contributed by atoms with Crippen LogP contribution in [0.25, 0.3) is 65.6 Å². The molecule has 46 heavy (non-hydrogen) atoms. The smallest absolute Gasteiger partial charge is 0.0631 e. The van der Waals surface area contributed by atoms with Crippen molar-refractivity contribution in [2.75, 3.05) is 0 Å². The van der Waals surface area contributed by atoms with E-state index in [0.717, 1.165) is 15.6 Å². The molecule has 2 unspecified atom stereocenters. The van der Waals surface area contributed by atoms with Gasteiger partial charge in [0.15, 0.2) is 0 Å². The summed E-state index contributed by atoms with van der Waals surface area (Å²) in [6.07, 6.45) is 5.92. The second-order valence-corrected chi connectivity index (χ2v) is 13.7. The first-order valence-corrected chi connectivity index (χ1v) is 16.9. The average Bonchev–Trinajstić information content (AvgIpc) is 3.73. The molecule has 1 fully saturated rings. The maximum Gasteiger partial charge on any atom is 0.0631 e. The van der Waals surface area contributed by atoms with Crippen LogP contribution in [0.2, 0.25) is 0 Å². The van der Waals surface area contributed by atoms with E-state index in [4.69, 9.17) is 0 Å². The van der Waals surface area contributed by atoms with E-state index in [0.29, 0.717) is 11.8 Å². The topological polar surface area (TPSA) is 4.41 Å². The molecule has 0 aliphatic heterocycles. The Morgan fingerprint density at radius 3 is 2.07 bits per heavy atom. The van der Waals surface area contributed by atoms with Crippen LogP contribution in [0.15, 0.2) is 151 Å². The van der Waals surface area contributed by atoms with E-state index in [9.17, 15) is 0 Å². The van der Waals surface area contributed by atoms with Crippen LogP contribution < -0.4 is 0 Å². The number of allylic oxidation sites excluding steroid dienone is 5. The first-order valence-electron chi connectivity index (χ1n) is 16.1. The van der Waals surface area contributed by atoms with Crippen LogP contribution >= 0.6 is 15.9 Å². The van der Waals surface area contributed by atoms with Crippen LogP contribution in [0.3, 0.4) is 0 Å². The van der Waals surface area contributed by atoms with Crippen molar-refractivity contribution in [3.05, 3.63) is 167 Å². The number of rotatable bonds is 6. The lowest BCUT2D eigenvalue weighted by Crippen LogP contribution is -1.97. The van der Waals surface area contributed by atoms with Crippen LogP contribution in [0.5, 0.6) is 0 Å². The Balaban J connectivity index is 1.39. The molecule has 8 aromatic rings. The van der Waals surface area contributed by atoms with Gasteiger partial charge in [-0.15, -0.1) is 0 Å². The van der Waals surface area contributed by atoms with E-state index >= 15 is 0 Å². The minimum atomic E-state index is 0.492. The molecular formula is C44H32BrN. The molecule has 9 rings (SSSR count). The quantitative estimate of drug-likeness (QED) is 0.0955. The van der Waals surface area contributed by atoms with Crippen molar-refractivity contribution in [3.63, 3.8) is 0 Å². The summed E-state index contributed by atoms with van der Waals surface area (Å²) in [6.45, 7) is 6.89. The maximum atomic E-state index is 4.51. The number of benzene rings is 6. The van der Waals surface area contributed by atoms with Gasteiger partial charge in [-0.25, -0.2) is 0 Å². The van der Waals surface area contributed by atoms with Crippen molar-refractivity contribution >= 4 is 81.5 Å². The molecule has 2 heteroatoms. The van der Waals surface area contributed by atoms with Crippen molar-refractivity contribution < 1.29 is 0 Å². The van der Waals surface area contributed by atoms with Gasteiger partial charge in [-0.1, -0.05) is 151 Å². The Morgan fingerprint density at radius 2 is 1.33 bits per heavy atom. The number of halogens is 1. The largest absolute Gasteiger partial charge is 0.307 e. The summed E-state index contributed by atoms with van der Waals surface area (Å²) in [7, 11) is 0. The van der Waals surface area contributed by atoms with Crippen molar-refractivity contribution in [1.82, 2.24) is 4.40 Å². The van der Waals surface area contributed by atoms with Gasteiger partial charge >= 0.3 is 0 Å². The molecule has 2 atom stereocenters. The van der Waals surface area contributed by atoms with Crippen LogP contribution in [-0.4, -0.2) is 4.40 Å². The fourth-order valence-corrected chi connectivity index (χ4v) is 8.18. The molecule has 0 spiro atoms. The van der Waals surface area contributed by atoms with Gasteiger partial charge in [0, 0.05) is 31.6 Å². The number of nitrogens with zero attached hydrogens (tertiary/aromatic N) is 1. The summed E-state index contributed by atoms with van der Waals surface area (Å²) in [5, 5.41) is 7.74. The summed E-state index contributed by atoms with van der Waals surface area (Å²) in [5.74, 6) is 1.13. The summed E-state index contributed by atoms with van der Waals surface area (Å²) in [5.41, 5.74) is 11.1. The molecule has 2 heterocycles. The molecule has 6 aromatic carbocycles. The molecule has 1 saturated carbocycles. The third-order valence-corrected chi connectivity index (χ3v) is 10.7. The number of aromatic nitrogens is 1. The summed E-state index contributed by atoms with van der Waals surface area (Å²) in [6, 6.07) is 46.2. The van der Waals surface area contributed by atoms with E-state index in [1.807, 2.05) is 0 Å². The highest BCUT2D eigenvalue weighted by atomic mass is 79.9. The van der Waals surface area contributed by atoms with E-state index in [2.05, 4.69) is 173 Å². The van der Waals surface area contributed by atoms with Crippen LogP contribution in [0.1, 0.15) is 30.0 Å². The van der Waals surface area contributed by atoms with Crippen molar-refractivity contribution in [2.45, 2.75) is 13.3 Å². The summed E-state index contributed by atoms with van der Waals surface area (Å²) < 4.78 is 3.69. The Hall–Kier alpha value is -4.92. The molecule has 0 saturated heterocycles. The predicted molar refractivity (Wildman–Crippen MR) is 201 cm³/mol. The van der Waals surface area contributed by atoms with Gasteiger partial charge in [0.2, 0.25) is 0 Å². The number of pyridine rings is 1. The van der Waals surface area contributed by atoms with Crippen molar-refractivity contribution in [1.29, 1.82) is 0 Å². The highest BCUT2D eigenvalue weighted by Crippen LogP contribution is 2.52. The van der Waals surface area contributed by atoms with Crippen LogP contribution in [0.4, 0.5) is 0 Å². The zero-order chi connectivity index (χ0) is 30.9. The standard InChI is InChI=1S/C44H32BrN/c1-27(29-12-5-3-6-13-29)24-32(30-14-7-4-8-15-30)26-38(37-25-28(37)2)34-19-11-18-33-35-22-23-39(45)42-36-20-9-16-31-17-10-21-40(41(31)36)46(43(33)34)44(35)42/h3-24,26,28,37H,1,25H2,2H3/b32-24+,38-26-. The van der Waals surface area contributed by atoms with E-state index < -0.39 is 0 Å². The molecule has 2 aromatic heterocycles. The number of para-hydroxylation sites is 1. The predicted octanol–water partition coefficient (Wildman–Crippen LogP) is 12.6. The fraction of sp³-hybridized carbons (Fsp3) is 0.0909. The zero-order valence-electron chi connectivity index (χ0n) is 25.7. The zero-order valence-corrected chi connectivity index (χ0v) is 27.3. The molecule has 0 bridgehead atoms. The highest BCUT2D eigenvalue weighted by molar-refractivity contribution is 9.10. The third kappa shape index (κ3) is 4.21. The van der Waals surface area contributed by atoms with Crippen LogP contribution in [-0.2, 0) is 0 Å². The summed E-state index contributed by atoms with van der Waals surface area (Å²) >= 11 is 3.97. The second kappa shape index (κ2) is 10.6. The Bertz CT molecular complexity index is 2530. The molecule has 1 aliphatic rings. The minimum absolute atomic E-state index is 0.492. The lowest BCUT2D eigenvalue weighted by Gasteiger charge is -2.16. The van der Waals surface area contributed by atoms with Gasteiger partial charge in [-0.05, 0) is 75.1 Å². The minimum Gasteiger partial charge on any atom is -0.307 e. The molecular weight excluding hydrogens is 622 g/mol. The normalized spacial score (nSPS) is 17.2. The van der Waals surface area contributed by atoms with Gasteiger partial charge in [0.05, 0.1) is 16.6 Å². The van der Waals surface area contributed by atoms with Gasteiger partial charge in [0.25, 0.3) is 0 Å². The molecule has 0 N–H and O–H groups in total. The van der Waals surface area contributed by atoms with Gasteiger partial charge in [-0.3, -0.25) is 0 Å². The Kier molecular flexibility index (Phi) is 6.30. The third-order valence-electron chi connectivity index (χ3n) is 10.0. The van der Waals surface area contributed by atoms with E-state index in [-0.39, 0.29) is 0 Å². The van der Waals surface area contributed by atoms with E-state index in [1.54, 1.807) is 0 Å². The number of hydrogen-bond acceptors (Lipinski definition) is 0. The van der Waals surface area contributed by atoms with E-state index in [1.165, 1.54) is 77.6 Å². The van der Waals surface area contributed by atoms with Gasteiger partial charge in [-0.2, -0.15) is 0 Å². The maximum absolute atomic E-state index is 4.51. The second-order valence-electron chi connectivity index (χ2n) is 12.8. The monoisotopic (exact) mass is 653 g/mol. The van der Waals surface area contributed by atoms with Gasteiger partial charge in [0.1, 0.15) is 0 Å². The molecule has 0 amide bonds. The SMILES string of the molecule is C=C(/C=C(\C=C(\c1cccc2c3ccc(Br)c4c5cccc6cccc(c65)n(c12)c34)C1CC1C)c1ccccc1)c1ccccc1. The van der Waals surface area contributed by atoms with Crippen molar-refractivity contribution in [3.8, 4) is 0 Å². The van der Waals surface area contributed by atoms with Crippen molar-refractivity contribution in [2.24, 2.45) is 11.8 Å². The Labute approximate surface area is 277 Å². The average molecular weight is 655 g/mol. The lowest BCUT2D eigenvalue weighted by atomic mass is 9.92. The van der Waals surface area contributed by atoms with Gasteiger partial charge < -0.3 is 4.40 Å². The first-order chi connectivity index (χ1) is 22.6. The fourth-order valence-electron chi connectivity index (χ4n) is 7.65. The molecule has 1 nitrogen and oxygen atoms in total. The highest BCUT2D eigenvalue weighted by Gasteiger charge is 2.37. The van der Waals surface area contributed by atoms with Crippen LogP contribution in [0, 0.1) is 11.8 Å².